The summed E-state index contributed by atoms with van der Waals surface area (Å²) in [6.07, 6.45) is -1.06. The molecule has 7 nitrogen and oxygen atoms in total. The molecule has 0 saturated heterocycles. The predicted octanol–water partition coefficient (Wildman–Crippen LogP) is 2.96. The average Bonchev–Trinajstić information content (AvgIpc) is 2.87. The van der Waals surface area contributed by atoms with Gasteiger partial charge in [0.15, 0.2) is 5.57 Å². The zero-order valence-corrected chi connectivity index (χ0v) is 15.3. The van der Waals surface area contributed by atoms with E-state index in [1.54, 1.807) is 36.4 Å². The first-order valence-corrected chi connectivity index (χ1v) is 8.55. The Labute approximate surface area is 163 Å². The molecule has 0 saturated carbocycles. The van der Waals surface area contributed by atoms with Gasteiger partial charge >= 0.3 is 11.9 Å². The number of pyridine rings is 1. The number of methoxy groups -OCH3 is 1. The first-order valence-electron chi connectivity index (χ1n) is 7.79. The number of carbonyl (C=O) groups excluding carboxylic acids is 2. The quantitative estimate of drug-likeness (QED) is 0.470. The van der Waals surface area contributed by atoms with Crippen molar-refractivity contribution >= 4 is 46.5 Å². The second-order valence-corrected chi connectivity index (χ2v) is 6.45. The van der Waals surface area contributed by atoms with E-state index in [9.17, 15) is 9.59 Å². The molecular weight excluding hydrogens is 393 g/mol. The Morgan fingerprint density at radius 3 is 2.74 bits per heavy atom. The molecule has 1 atom stereocenters. The highest BCUT2D eigenvalue weighted by molar-refractivity contribution is 6.36. The van der Waals surface area contributed by atoms with E-state index in [2.05, 4.69) is 20.0 Å². The Hall–Kier alpha value is -2.90. The standard InChI is InChI=1S/C18H11Cl2N3O4/c1-26-17(24)12-15-16(27-18(12)25)23-13(8-4-2-3-5-9(8)19)14-10(21-15)6-7-11(20)22-14/h2-7,16,21H,1H3. The Morgan fingerprint density at radius 1 is 1.22 bits per heavy atom. The number of benzene rings is 1. The molecule has 3 heterocycles. The molecule has 4 rings (SSSR count). The number of carbonyl (C=O) groups is 2. The van der Waals surface area contributed by atoms with Gasteiger partial charge in [0.05, 0.1) is 23.5 Å². The van der Waals surface area contributed by atoms with Gasteiger partial charge in [0.1, 0.15) is 16.5 Å². The lowest BCUT2D eigenvalue weighted by Gasteiger charge is -2.11. The number of rotatable bonds is 2. The summed E-state index contributed by atoms with van der Waals surface area (Å²) in [7, 11) is 1.18. The summed E-state index contributed by atoms with van der Waals surface area (Å²) in [5, 5.41) is 3.71. The minimum Gasteiger partial charge on any atom is -0.465 e. The first kappa shape index (κ1) is 17.5. The van der Waals surface area contributed by atoms with Crippen molar-refractivity contribution in [1.82, 2.24) is 4.98 Å². The van der Waals surface area contributed by atoms with E-state index >= 15 is 0 Å². The highest BCUT2D eigenvalue weighted by Crippen LogP contribution is 2.34. The summed E-state index contributed by atoms with van der Waals surface area (Å²) in [6, 6.07) is 10.3. The molecule has 2 aliphatic heterocycles. The molecule has 2 aliphatic rings. The Bertz CT molecular complexity index is 1050. The number of nitrogens with one attached hydrogen (secondary N) is 1. The van der Waals surface area contributed by atoms with Gasteiger partial charge in [-0.1, -0.05) is 41.4 Å². The number of ether oxygens (including phenoxy) is 2. The van der Waals surface area contributed by atoms with Crippen molar-refractivity contribution in [2.24, 2.45) is 4.99 Å². The van der Waals surface area contributed by atoms with Crippen LogP contribution in [-0.4, -0.2) is 36.0 Å². The summed E-state index contributed by atoms with van der Waals surface area (Å²) in [5.41, 5.74) is 1.81. The van der Waals surface area contributed by atoms with Crippen LogP contribution in [0.4, 0.5) is 5.69 Å². The van der Waals surface area contributed by atoms with Gasteiger partial charge in [-0.2, -0.15) is 0 Å². The third-order valence-electron chi connectivity index (χ3n) is 4.06. The number of aromatic nitrogens is 1. The van der Waals surface area contributed by atoms with Crippen LogP contribution in [0.3, 0.4) is 0 Å². The molecule has 0 fully saturated rings. The minimum absolute atomic E-state index is 0.180. The molecule has 1 aromatic heterocycles. The van der Waals surface area contributed by atoms with Crippen molar-refractivity contribution in [1.29, 1.82) is 0 Å². The van der Waals surface area contributed by atoms with Crippen LogP contribution in [0.5, 0.6) is 0 Å². The van der Waals surface area contributed by atoms with Crippen molar-refractivity contribution in [2.75, 3.05) is 12.4 Å². The van der Waals surface area contributed by atoms with Gasteiger partial charge < -0.3 is 14.8 Å². The summed E-state index contributed by atoms with van der Waals surface area (Å²) in [6.45, 7) is 0. The number of fused-ring (bicyclic) bond motifs is 2. The van der Waals surface area contributed by atoms with Gasteiger partial charge in [-0.05, 0) is 18.2 Å². The van der Waals surface area contributed by atoms with Crippen LogP contribution in [0.1, 0.15) is 11.3 Å². The van der Waals surface area contributed by atoms with E-state index in [4.69, 9.17) is 27.9 Å². The van der Waals surface area contributed by atoms with E-state index in [-0.39, 0.29) is 16.4 Å². The molecule has 0 bridgehead atoms. The third-order valence-corrected chi connectivity index (χ3v) is 4.60. The number of aliphatic imine (C=N–C) groups is 1. The third kappa shape index (κ3) is 2.94. The minimum atomic E-state index is -1.06. The smallest absolute Gasteiger partial charge is 0.349 e. The van der Waals surface area contributed by atoms with Gasteiger partial charge in [0.2, 0.25) is 6.23 Å². The summed E-state index contributed by atoms with van der Waals surface area (Å²) < 4.78 is 9.95. The fraction of sp³-hybridized carbons (Fsp3) is 0.111. The largest absolute Gasteiger partial charge is 0.465 e. The monoisotopic (exact) mass is 403 g/mol. The maximum Gasteiger partial charge on any atom is 0.349 e. The van der Waals surface area contributed by atoms with E-state index in [0.29, 0.717) is 27.7 Å². The molecule has 0 amide bonds. The maximum atomic E-state index is 12.2. The Kier molecular flexibility index (Phi) is 4.33. The van der Waals surface area contributed by atoms with Crippen LogP contribution in [-0.2, 0) is 19.1 Å². The molecular formula is C18H11Cl2N3O4. The fourth-order valence-electron chi connectivity index (χ4n) is 2.85. The van der Waals surface area contributed by atoms with Crippen molar-refractivity contribution in [3.05, 3.63) is 69.1 Å². The molecule has 1 aromatic carbocycles. The fourth-order valence-corrected chi connectivity index (χ4v) is 3.23. The zero-order chi connectivity index (χ0) is 19.1. The van der Waals surface area contributed by atoms with E-state index in [0.717, 1.165) is 0 Å². The zero-order valence-electron chi connectivity index (χ0n) is 13.8. The molecule has 136 valence electrons. The highest BCUT2D eigenvalue weighted by Gasteiger charge is 2.41. The van der Waals surface area contributed by atoms with E-state index < -0.39 is 18.2 Å². The molecule has 9 heteroatoms. The summed E-state index contributed by atoms with van der Waals surface area (Å²) in [5.74, 6) is -1.63. The lowest BCUT2D eigenvalue weighted by molar-refractivity contribution is -0.144. The summed E-state index contributed by atoms with van der Waals surface area (Å²) in [4.78, 5) is 33.1. The topological polar surface area (TPSA) is 89.9 Å². The van der Waals surface area contributed by atoms with Gasteiger partial charge in [-0.3, -0.25) is 0 Å². The van der Waals surface area contributed by atoms with Crippen LogP contribution in [0.15, 0.2) is 52.7 Å². The number of halogens is 2. The SMILES string of the molecule is COC(=O)C1=C2Nc3ccc(Cl)nc3C(c3ccccc3Cl)=NC2OC1=O. The number of esters is 2. The van der Waals surface area contributed by atoms with Crippen molar-refractivity contribution in [3.63, 3.8) is 0 Å². The number of hydrogen-bond acceptors (Lipinski definition) is 7. The van der Waals surface area contributed by atoms with Crippen LogP contribution < -0.4 is 5.32 Å². The van der Waals surface area contributed by atoms with Crippen molar-refractivity contribution < 1.29 is 19.1 Å². The van der Waals surface area contributed by atoms with Crippen molar-refractivity contribution in [3.8, 4) is 0 Å². The van der Waals surface area contributed by atoms with Crippen LogP contribution >= 0.6 is 23.2 Å². The molecule has 27 heavy (non-hydrogen) atoms. The lowest BCUT2D eigenvalue weighted by atomic mass is 10.1. The van der Waals surface area contributed by atoms with Gasteiger partial charge in [0.25, 0.3) is 0 Å². The number of hydrogen-bond donors (Lipinski definition) is 1. The molecule has 1 unspecified atom stereocenters. The Balaban J connectivity index is 1.98. The van der Waals surface area contributed by atoms with E-state index in [1.807, 2.05) is 0 Å². The van der Waals surface area contributed by atoms with Gasteiger partial charge in [-0.15, -0.1) is 0 Å². The molecule has 1 N–H and O–H groups in total. The average molecular weight is 404 g/mol. The van der Waals surface area contributed by atoms with Crippen LogP contribution in [0.25, 0.3) is 0 Å². The predicted molar refractivity (Wildman–Crippen MR) is 98.9 cm³/mol. The second-order valence-electron chi connectivity index (χ2n) is 5.65. The molecule has 0 radical (unpaired) electrons. The molecule has 0 aliphatic carbocycles. The van der Waals surface area contributed by atoms with E-state index in [1.165, 1.54) is 7.11 Å². The number of anilines is 1. The molecule has 0 spiro atoms. The normalized spacial score (nSPS) is 18.0. The second kappa shape index (κ2) is 6.68. The van der Waals surface area contributed by atoms with Crippen LogP contribution in [0, 0.1) is 0 Å². The summed E-state index contributed by atoms with van der Waals surface area (Å²) >= 11 is 12.4. The number of nitrogens with zero attached hydrogens (tertiary/aromatic N) is 2. The van der Waals surface area contributed by atoms with Gasteiger partial charge in [-0.25, -0.2) is 19.6 Å². The maximum absolute atomic E-state index is 12.2. The highest BCUT2D eigenvalue weighted by atomic mass is 35.5. The molecule has 2 aromatic rings. The lowest BCUT2D eigenvalue weighted by Crippen LogP contribution is -2.15. The Morgan fingerprint density at radius 2 is 2.00 bits per heavy atom. The van der Waals surface area contributed by atoms with Gasteiger partial charge in [0, 0.05) is 5.56 Å². The van der Waals surface area contributed by atoms with Crippen LogP contribution in [0.2, 0.25) is 10.2 Å². The first-order chi connectivity index (χ1) is 13.0. The van der Waals surface area contributed by atoms with Crippen molar-refractivity contribution in [2.45, 2.75) is 6.23 Å².